The van der Waals surface area contributed by atoms with Crippen molar-refractivity contribution in [1.82, 2.24) is 14.7 Å². The Morgan fingerprint density at radius 1 is 0.767 bits per heavy atom. The summed E-state index contributed by atoms with van der Waals surface area (Å²) in [6.45, 7) is 7.79. The molecule has 0 unspecified atom stereocenters. The maximum Gasteiger partial charge on any atom is 0.253 e. The summed E-state index contributed by atoms with van der Waals surface area (Å²) >= 11 is 0. The van der Waals surface area contributed by atoms with Gasteiger partial charge < -0.3 is 4.90 Å². The zero-order chi connectivity index (χ0) is 20.6. The first-order valence-electron chi connectivity index (χ1n) is 11.3. The first-order valence-corrected chi connectivity index (χ1v) is 11.3. The van der Waals surface area contributed by atoms with Crippen LogP contribution in [0.15, 0.2) is 60.7 Å². The summed E-state index contributed by atoms with van der Waals surface area (Å²) in [5.41, 5.74) is 3.35. The molecule has 0 aromatic heterocycles. The molecular formula is C26H33N3O. The molecule has 0 bridgehead atoms. The lowest BCUT2D eigenvalue weighted by Gasteiger charge is -2.34. The Bertz CT molecular complexity index is 817. The Kier molecular flexibility index (Phi) is 7.33. The SMILES string of the molecule is O=C(c1ccc(CN2CCCCC2)cc1)N1CCN(C/C=C/c2ccccc2)CC1. The molecule has 0 radical (unpaired) electrons. The predicted octanol–water partition coefficient (Wildman–Crippen LogP) is 4.14. The van der Waals surface area contributed by atoms with Crippen LogP contribution < -0.4 is 0 Å². The van der Waals surface area contributed by atoms with E-state index in [1.807, 2.05) is 23.1 Å². The summed E-state index contributed by atoms with van der Waals surface area (Å²) in [6.07, 6.45) is 8.37. The Labute approximate surface area is 180 Å². The lowest BCUT2D eigenvalue weighted by atomic mass is 10.1. The standard InChI is InChI=1S/C26H33N3O/c30-26(25-13-11-24(12-14-25)22-28-15-5-2-6-16-28)29-20-18-27(19-21-29)17-7-10-23-8-3-1-4-9-23/h1,3-4,7-14H,2,5-6,15-22H2/b10-7+. The molecular weight excluding hydrogens is 370 g/mol. The van der Waals surface area contributed by atoms with Gasteiger partial charge in [-0.25, -0.2) is 0 Å². The molecule has 2 heterocycles. The van der Waals surface area contributed by atoms with Crippen LogP contribution in [-0.2, 0) is 6.54 Å². The second-order valence-electron chi connectivity index (χ2n) is 8.44. The lowest BCUT2D eigenvalue weighted by molar-refractivity contribution is 0.0650. The lowest BCUT2D eigenvalue weighted by Crippen LogP contribution is -2.48. The van der Waals surface area contributed by atoms with Gasteiger partial charge in [0.1, 0.15) is 0 Å². The minimum absolute atomic E-state index is 0.166. The highest BCUT2D eigenvalue weighted by molar-refractivity contribution is 5.94. The van der Waals surface area contributed by atoms with Crippen LogP contribution in [0.25, 0.3) is 6.08 Å². The molecule has 2 saturated heterocycles. The van der Waals surface area contributed by atoms with Gasteiger partial charge >= 0.3 is 0 Å². The third kappa shape index (κ3) is 5.80. The second-order valence-corrected chi connectivity index (χ2v) is 8.44. The largest absolute Gasteiger partial charge is 0.336 e. The Morgan fingerprint density at radius 3 is 2.17 bits per heavy atom. The van der Waals surface area contributed by atoms with Crippen molar-refractivity contribution < 1.29 is 4.79 Å². The summed E-state index contributed by atoms with van der Waals surface area (Å²) in [7, 11) is 0. The van der Waals surface area contributed by atoms with Gasteiger partial charge in [-0.3, -0.25) is 14.6 Å². The Morgan fingerprint density at radius 2 is 1.47 bits per heavy atom. The average molecular weight is 404 g/mol. The molecule has 2 fully saturated rings. The summed E-state index contributed by atoms with van der Waals surface area (Å²) in [5.74, 6) is 0.166. The van der Waals surface area contributed by atoms with Crippen LogP contribution in [0, 0.1) is 0 Å². The molecule has 0 atom stereocenters. The highest BCUT2D eigenvalue weighted by Gasteiger charge is 2.21. The minimum Gasteiger partial charge on any atom is -0.336 e. The summed E-state index contributed by atoms with van der Waals surface area (Å²) in [4.78, 5) is 19.8. The fraction of sp³-hybridized carbons (Fsp3) is 0.423. The molecule has 0 spiro atoms. The third-order valence-electron chi connectivity index (χ3n) is 6.19. The topological polar surface area (TPSA) is 26.8 Å². The Balaban J connectivity index is 1.23. The van der Waals surface area contributed by atoms with E-state index in [9.17, 15) is 4.79 Å². The molecule has 158 valence electrons. The van der Waals surface area contributed by atoms with E-state index in [-0.39, 0.29) is 5.91 Å². The number of carbonyl (C=O) groups excluding carboxylic acids is 1. The van der Waals surface area contributed by atoms with Crippen molar-refractivity contribution in [2.45, 2.75) is 25.8 Å². The number of hydrogen-bond acceptors (Lipinski definition) is 3. The van der Waals surface area contributed by atoms with Crippen molar-refractivity contribution in [2.75, 3.05) is 45.8 Å². The fourth-order valence-corrected chi connectivity index (χ4v) is 4.35. The van der Waals surface area contributed by atoms with E-state index in [0.29, 0.717) is 0 Å². The summed E-state index contributed by atoms with van der Waals surface area (Å²) in [6, 6.07) is 18.7. The molecule has 4 heteroatoms. The van der Waals surface area contributed by atoms with Crippen molar-refractivity contribution in [3.63, 3.8) is 0 Å². The maximum absolute atomic E-state index is 12.9. The van der Waals surface area contributed by atoms with Gasteiger partial charge in [-0.15, -0.1) is 0 Å². The maximum atomic E-state index is 12.9. The van der Waals surface area contributed by atoms with Crippen LogP contribution in [-0.4, -0.2) is 66.4 Å². The molecule has 2 aromatic rings. The van der Waals surface area contributed by atoms with Gasteiger partial charge in [-0.2, -0.15) is 0 Å². The van der Waals surface area contributed by atoms with Gasteiger partial charge in [-0.05, 0) is 49.2 Å². The summed E-state index contributed by atoms with van der Waals surface area (Å²) < 4.78 is 0. The van der Waals surface area contributed by atoms with Crippen molar-refractivity contribution in [1.29, 1.82) is 0 Å². The first kappa shape index (κ1) is 20.8. The molecule has 4 rings (SSSR count). The van der Waals surface area contributed by atoms with Crippen LogP contribution in [0.4, 0.5) is 0 Å². The quantitative estimate of drug-likeness (QED) is 0.725. The minimum atomic E-state index is 0.166. The number of nitrogens with zero attached hydrogens (tertiary/aromatic N) is 3. The van der Waals surface area contributed by atoms with Gasteiger partial charge in [-0.1, -0.05) is 61.0 Å². The molecule has 0 saturated carbocycles. The summed E-state index contributed by atoms with van der Waals surface area (Å²) in [5, 5.41) is 0. The second kappa shape index (κ2) is 10.6. The van der Waals surface area contributed by atoms with Crippen molar-refractivity contribution in [3.8, 4) is 0 Å². The third-order valence-corrected chi connectivity index (χ3v) is 6.19. The molecule has 2 aliphatic heterocycles. The number of hydrogen-bond donors (Lipinski definition) is 0. The Hall–Kier alpha value is -2.43. The van der Waals surface area contributed by atoms with E-state index in [0.717, 1.165) is 44.8 Å². The normalized spacial score (nSPS) is 18.7. The average Bonchev–Trinajstić information content (AvgIpc) is 2.81. The van der Waals surface area contributed by atoms with Crippen molar-refractivity contribution >= 4 is 12.0 Å². The number of rotatable bonds is 6. The molecule has 4 nitrogen and oxygen atoms in total. The molecule has 30 heavy (non-hydrogen) atoms. The highest BCUT2D eigenvalue weighted by atomic mass is 16.2. The first-order chi connectivity index (χ1) is 14.8. The van der Waals surface area contributed by atoms with Crippen LogP contribution in [0.1, 0.15) is 40.7 Å². The van der Waals surface area contributed by atoms with E-state index < -0.39 is 0 Å². The number of benzene rings is 2. The van der Waals surface area contributed by atoms with Gasteiger partial charge in [0.15, 0.2) is 0 Å². The van der Waals surface area contributed by atoms with Crippen LogP contribution in [0.3, 0.4) is 0 Å². The highest BCUT2D eigenvalue weighted by Crippen LogP contribution is 2.15. The number of piperazine rings is 1. The number of piperidine rings is 1. The van der Waals surface area contributed by atoms with Crippen LogP contribution >= 0.6 is 0 Å². The van der Waals surface area contributed by atoms with E-state index >= 15 is 0 Å². The predicted molar refractivity (Wildman–Crippen MR) is 123 cm³/mol. The van der Waals surface area contributed by atoms with Crippen molar-refractivity contribution in [3.05, 3.63) is 77.4 Å². The molecule has 0 aliphatic carbocycles. The molecule has 2 aliphatic rings. The van der Waals surface area contributed by atoms with E-state index in [1.165, 1.54) is 43.5 Å². The molecule has 0 N–H and O–H groups in total. The smallest absolute Gasteiger partial charge is 0.253 e. The van der Waals surface area contributed by atoms with Crippen molar-refractivity contribution in [2.24, 2.45) is 0 Å². The van der Waals surface area contributed by atoms with Gasteiger partial charge in [0.05, 0.1) is 0 Å². The zero-order valence-electron chi connectivity index (χ0n) is 17.9. The monoisotopic (exact) mass is 403 g/mol. The van der Waals surface area contributed by atoms with Gasteiger partial charge in [0.2, 0.25) is 0 Å². The van der Waals surface area contributed by atoms with Crippen LogP contribution in [0.2, 0.25) is 0 Å². The number of carbonyl (C=O) groups is 1. The number of amides is 1. The number of likely N-dealkylation sites (tertiary alicyclic amines) is 1. The fourth-order valence-electron chi connectivity index (χ4n) is 4.35. The van der Waals surface area contributed by atoms with Gasteiger partial charge in [0, 0.05) is 44.8 Å². The van der Waals surface area contributed by atoms with E-state index in [1.54, 1.807) is 0 Å². The molecule has 1 amide bonds. The zero-order valence-corrected chi connectivity index (χ0v) is 17.9. The van der Waals surface area contributed by atoms with Crippen LogP contribution in [0.5, 0.6) is 0 Å². The van der Waals surface area contributed by atoms with Gasteiger partial charge in [0.25, 0.3) is 5.91 Å². The molecule has 2 aromatic carbocycles. The van der Waals surface area contributed by atoms with E-state index in [4.69, 9.17) is 0 Å². The van der Waals surface area contributed by atoms with E-state index in [2.05, 4.69) is 58.4 Å².